The van der Waals surface area contributed by atoms with Gasteiger partial charge in [0, 0.05) is 44.8 Å². The van der Waals surface area contributed by atoms with Crippen LogP contribution in [0.1, 0.15) is 11.1 Å². The van der Waals surface area contributed by atoms with Crippen LogP contribution in [-0.4, -0.2) is 16.5 Å². The fraction of sp³-hybridized carbons (Fsp3) is 0.368. The van der Waals surface area contributed by atoms with Crippen molar-refractivity contribution in [3.8, 4) is 11.1 Å². The molecule has 3 rings (SSSR count). The van der Waals surface area contributed by atoms with Crippen LogP contribution in [0.25, 0.3) is 11.1 Å². The van der Waals surface area contributed by atoms with E-state index in [0.717, 1.165) is 6.42 Å². The first-order valence-corrected chi connectivity index (χ1v) is 15.1. The first kappa shape index (κ1) is 19.1. The Morgan fingerprint density at radius 3 is 1.91 bits per heavy atom. The Balaban J connectivity index is 0.00000192. The van der Waals surface area contributed by atoms with Gasteiger partial charge in [0.15, 0.2) is 0 Å². The summed E-state index contributed by atoms with van der Waals surface area (Å²) >= 11 is 0. The zero-order chi connectivity index (χ0) is 16.1. The van der Waals surface area contributed by atoms with E-state index in [-0.39, 0.29) is 32.7 Å². The van der Waals surface area contributed by atoms with E-state index in [1.54, 1.807) is 5.56 Å². The fourth-order valence-electron chi connectivity index (χ4n) is 4.08. The number of anilines is 1. The summed E-state index contributed by atoms with van der Waals surface area (Å²) in [6, 6.07) is 15.8. The Morgan fingerprint density at radius 2 is 1.30 bits per heavy atom. The predicted molar refractivity (Wildman–Crippen MR) is 104 cm³/mol. The molecule has 0 aliphatic heterocycles. The number of benzene rings is 2. The molecule has 119 valence electrons. The summed E-state index contributed by atoms with van der Waals surface area (Å²) in [6.45, 7) is 14.9. The van der Waals surface area contributed by atoms with Crippen LogP contribution in [0.4, 0.5) is 5.69 Å². The Kier molecular flexibility index (Phi) is 5.47. The van der Waals surface area contributed by atoms with Crippen LogP contribution in [-0.2, 0) is 39.1 Å². The van der Waals surface area contributed by atoms with Gasteiger partial charge in [-0.3, -0.25) is 0 Å². The maximum atomic E-state index is 2.85. The van der Waals surface area contributed by atoms with E-state index in [9.17, 15) is 0 Å². The van der Waals surface area contributed by atoms with Crippen molar-refractivity contribution in [2.24, 2.45) is 0 Å². The third-order valence-corrected chi connectivity index (χ3v) is 11.6. The topological polar surface area (TPSA) is 3.24 Å². The smallest absolute Gasteiger partial charge is 0.138 e. The van der Waals surface area contributed by atoms with Gasteiger partial charge in [-0.15, -0.1) is 0 Å². The molecule has 23 heavy (non-hydrogen) atoms. The minimum absolute atomic E-state index is 0. The molecule has 0 saturated heterocycles. The molecule has 0 unspecified atom stereocenters. The second kappa shape index (κ2) is 6.59. The van der Waals surface area contributed by atoms with Gasteiger partial charge in [0.1, 0.15) is 16.5 Å². The van der Waals surface area contributed by atoms with Crippen molar-refractivity contribution in [1.82, 2.24) is 0 Å². The Morgan fingerprint density at radius 1 is 0.739 bits per heavy atom. The van der Waals surface area contributed by atoms with Crippen molar-refractivity contribution in [1.29, 1.82) is 0 Å². The van der Waals surface area contributed by atoms with Crippen LogP contribution < -0.4 is 4.23 Å². The van der Waals surface area contributed by atoms with Crippen LogP contribution in [0.15, 0.2) is 42.5 Å². The average Bonchev–Trinajstić information content (AvgIpc) is 2.75. The van der Waals surface area contributed by atoms with Crippen molar-refractivity contribution in [2.75, 3.05) is 4.23 Å². The van der Waals surface area contributed by atoms with Crippen LogP contribution >= 0.6 is 0 Å². The molecule has 2 aromatic rings. The van der Waals surface area contributed by atoms with E-state index < -0.39 is 16.5 Å². The molecular weight excluding hydrogens is 387 g/mol. The third-order valence-electron chi connectivity index (χ3n) is 4.41. The summed E-state index contributed by atoms with van der Waals surface area (Å²) in [5, 5.41) is 0. The molecule has 2 aromatic carbocycles. The quantitative estimate of drug-likeness (QED) is 0.495. The fourth-order valence-corrected chi connectivity index (χ4v) is 14.0. The number of hydrogen-bond donors (Lipinski definition) is 0. The van der Waals surface area contributed by atoms with Crippen molar-refractivity contribution in [2.45, 2.75) is 45.7 Å². The molecule has 0 heterocycles. The van der Waals surface area contributed by atoms with E-state index in [0.29, 0.717) is 0 Å². The zero-order valence-corrected chi connectivity index (χ0v) is 20.1. The number of fused-ring (bicyclic) bond motifs is 3. The summed E-state index contributed by atoms with van der Waals surface area (Å²) in [4.78, 5) is 0. The van der Waals surface area contributed by atoms with Crippen LogP contribution in [0.2, 0.25) is 39.3 Å². The molecule has 1 aliphatic carbocycles. The second-order valence-corrected chi connectivity index (χ2v) is 18.3. The summed E-state index contributed by atoms with van der Waals surface area (Å²) in [7, 11) is -2.83. The van der Waals surface area contributed by atoms with Gasteiger partial charge in [0.2, 0.25) is 0 Å². The Labute approximate surface area is 168 Å². The van der Waals surface area contributed by atoms with Gasteiger partial charge < -0.3 is 4.23 Å². The minimum atomic E-state index is -1.41. The van der Waals surface area contributed by atoms with Crippen molar-refractivity contribution >= 4 is 22.2 Å². The third kappa shape index (κ3) is 3.58. The first-order chi connectivity index (χ1) is 10.2. The van der Waals surface area contributed by atoms with Crippen molar-refractivity contribution in [3.05, 3.63) is 53.6 Å². The molecule has 0 amide bonds. The van der Waals surface area contributed by atoms with Gasteiger partial charge in [-0.05, 0) is 28.3 Å². The van der Waals surface area contributed by atoms with Crippen molar-refractivity contribution in [3.63, 3.8) is 0 Å². The molecule has 0 fully saturated rings. The molecule has 0 atom stereocenters. The standard InChI is InChI=1S/C19H27NSi2.Y/c1-21(2,3)20(22(4,5)6)19-13-9-12-17-16-11-8-7-10-15(16)14-18(17)19;/h7-13H,14H2,1-6H3;. The SMILES string of the molecule is C[Si](C)(C)N(c1cccc2c1Cc1ccccc1-2)[Si](C)(C)C.[Y]. The van der Waals surface area contributed by atoms with Crippen LogP contribution in [0.3, 0.4) is 0 Å². The maximum Gasteiger partial charge on any atom is 0.138 e. The molecule has 0 aromatic heterocycles. The summed E-state index contributed by atoms with van der Waals surface area (Å²) in [5.41, 5.74) is 7.43. The summed E-state index contributed by atoms with van der Waals surface area (Å²) in [5.74, 6) is 0. The summed E-state index contributed by atoms with van der Waals surface area (Å²) in [6.07, 6.45) is 1.09. The van der Waals surface area contributed by atoms with Crippen LogP contribution in [0, 0.1) is 0 Å². The van der Waals surface area contributed by atoms with Gasteiger partial charge in [0.25, 0.3) is 0 Å². The predicted octanol–water partition coefficient (Wildman–Crippen LogP) is 5.73. The van der Waals surface area contributed by atoms with Gasteiger partial charge in [0.05, 0.1) is 0 Å². The first-order valence-electron chi connectivity index (χ1n) is 8.20. The number of rotatable bonds is 3. The monoisotopic (exact) mass is 414 g/mol. The van der Waals surface area contributed by atoms with E-state index in [4.69, 9.17) is 0 Å². The normalized spacial score (nSPS) is 13.1. The van der Waals surface area contributed by atoms with Gasteiger partial charge in [-0.25, -0.2) is 0 Å². The Bertz CT molecular complexity index is 700. The zero-order valence-electron chi connectivity index (χ0n) is 15.3. The molecular formula is C19H27NSi2Y. The number of hydrogen-bond acceptors (Lipinski definition) is 1. The average molecular weight is 415 g/mol. The van der Waals surface area contributed by atoms with E-state index in [2.05, 4.69) is 86.0 Å². The molecule has 0 saturated carbocycles. The van der Waals surface area contributed by atoms with E-state index >= 15 is 0 Å². The molecule has 0 bridgehead atoms. The van der Waals surface area contributed by atoms with Crippen molar-refractivity contribution < 1.29 is 32.7 Å². The van der Waals surface area contributed by atoms with Gasteiger partial charge in [-0.1, -0.05) is 75.7 Å². The molecule has 1 radical (unpaired) electrons. The van der Waals surface area contributed by atoms with E-state index in [1.165, 1.54) is 22.4 Å². The van der Waals surface area contributed by atoms with E-state index in [1.807, 2.05) is 0 Å². The van der Waals surface area contributed by atoms with Crippen LogP contribution in [0.5, 0.6) is 0 Å². The summed E-state index contributed by atoms with van der Waals surface area (Å²) < 4.78 is 2.85. The number of nitrogens with zero attached hydrogens (tertiary/aromatic N) is 1. The van der Waals surface area contributed by atoms with Gasteiger partial charge in [-0.2, -0.15) is 0 Å². The maximum absolute atomic E-state index is 2.85. The molecule has 0 N–H and O–H groups in total. The minimum Gasteiger partial charge on any atom is -0.424 e. The Hall–Kier alpha value is -0.222. The molecule has 0 spiro atoms. The molecule has 1 nitrogen and oxygen atoms in total. The molecule has 4 heteroatoms. The largest absolute Gasteiger partial charge is 0.424 e. The second-order valence-electron chi connectivity index (χ2n) is 8.31. The molecule has 1 aliphatic rings. The van der Waals surface area contributed by atoms with Gasteiger partial charge >= 0.3 is 0 Å².